The topological polar surface area (TPSA) is 3.24 Å². The zero-order chi connectivity index (χ0) is 16.2. The van der Waals surface area contributed by atoms with Gasteiger partial charge in [0.25, 0.3) is 0 Å². The minimum atomic E-state index is -4.28. The van der Waals surface area contributed by atoms with E-state index in [4.69, 9.17) is 0 Å². The molecule has 0 radical (unpaired) electrons. The van der Waals surface area contributed by atoms with Gasteiger partial charge in [-0.2, -0.15) is 13.2 Å². The number of hydrogen-bond donors (Lipinski definition) is 0. The van der Waals surface area contributed by atoms with Crippen molar-refractivity contribution in [3.05, 3.63) is 59.2 Å². The second-order valence-electron chi connectivity index (χ2n) is 6.58. The quantitative estimate of drug-likeness (QED) is 0.642. The lowest BCUT2D eigenvalue weighted by molar-refractivity contribution is -0.137. The van der Waals surface area contributed by atoms with Gasteiger partial charge in [-0.3, -0.25) is 0 Å². The van der Waals surface area contributed by atoms with E-state index in [-0.39, 0.29) is 0 Å². The third-order valence-electron chi connectivity index (χ3n) is 5.13. The van der Waals surface area contributed by atoms with Crippen LogP contribution in [0.15, 0.2) is 42.5 Å². The molecule has 0 N–H and O–H groups in total. The molecule has 0 amide bonds. The molecule has 0 aromatic heterocycles. The molecule has 1 aliphatic heterocycles. The summed E-state index contributed by atoms with van der Waals surface area (Å²) in [4.78, 5) is 2.24. The first kappa shape index (κ1) is 14.6. The summed E-state index contributed by atoms with van der Waals surface area (Å²) in [5, 5.41) is 0. The van der Waals surface area contributed by atoms with Crippen LogP contribution in [0.5, 0.6) is 0 Å². The molecule has 2 unspecified atom stereocenters. The number of nitrogens with zero attached hydrogens (tertiary/aromatic N) is 1. The first-order valence-corrected chi connectivity index (χ1v) is 8.02. The zero-order valence-electron chi connectivity index (χ0n) is 12.9. The van der Waals surface area contributed by atoms with E-state index in [9.17, 15) is 13.2 Å². The molecule has 23 heavy (non-hydrogen) atoms. The normalized spacial score (nSPS) is 23.0. The number of benzene rings is 2. The Bertz CT molecular complexity index is 733. The molecule has 0 bridgehead atoms. The van der Waals surface area contributed by atoms with Gasteiger partial charge in [0.2, 0.25) is 0 Å². The summed E-state index contributed by atoms with van der Waals surface area (Å²) < 4.78 is 38.3. The molecule has 0 saturated heterocycles. The number of rotatable bonds is 1. The average molecular weight is 317 g/mol. The fourth-order valence-electron chi connectivity index (χ4n) is 4.12. The predicted molar refractivity (Wildman–Crippen MR) is 85.1 cm³/mol. The van der Waals surface area contributed by atoms with Gasteiger partial charge in [-0.15, -0.1) is 0 Å². The Morgan fingerprint density at radius 3 is 2.43 bits per heavy atom. The fraction of sp³-hybridized carbons (Fsp3) is 0.368. The maximum absolute atomic E-state index is 12.8. The Morgan fingerprint density at radius 2 is 1.74 bits per heavy atom. The fourth-order valence-corrected chi connectivity index (χ4v) is 4.12. The van der Waals surface area contributed by atoms with E-state index in [1.54, 1.807) is 12.1 Å². The molecule has 1 nitrogen and oxygen atoms in total. The van der Waals surface area contributed by atoms with Crippen LogP contribution in [0, 0.1) is 6.92 Å². The van der Waals surface area contributed by atoms with E-state index in [2.05, 4.69) is 30.0 Å². The second kappa shape index (κ2) is 5.02. The molecule has 1 saturated carbocycles. The SMILES string of the molecule is Cc1ccc2c(c1)C1CCCC1N2c1ccc(C(F)(F)F)cc1. The molecular weight excluding hydrogens is 299 g/mol. The minimum Gasteiger partial charge on any atom is -0.338 e. The van der Waals surface area contributed by atoms with E-state index in [0.29, 0.717) is 12.0 Å². The van der Waals surface area contributed by atoms with Crippen molar-refractivity contribution in [2.45, 2.75) is 44.3 Å². The maximum atomic E-state index is 12.8. The first-order chi connectivity index (χ1) is 10.9. The van der Waals surface area contributed by atoms with E-state index < -0.39 is 11.7 Å². The van der Waals surface area contributed by atoms with Gasteiger partial charge >= 0.3 is 6.18 Å². The van der Waals surface area contributed by atoms with Crippen molar-refractivity contribution in [2.24, 2.45) is 0 Å². The van der Waals surface area contributed by atoms with Gasteiger partial charge in [0.15, 0.2) is 0 Å². The largest absolute Gasteiger partial charge is 0.416 e. The van der Waals surface area contributed by atoms with Crippen LogP contribution in [0.4, 0.5) is 24.5 Å². The van der Waals surface area contributed by atoms with Crippen molar-refractivity contribution < 1.29 is 13.2 Å². The van der Waals surface area contributed by atoms with Gasteiger partial charge in [-0.05, 0) is 55.7 Å². The van der Waals surface area contributed by atoms with Crippen molar-refractivity contribution in [2.75, 3.05) is 4.90 Å². The lowest BCUT2D eigenvalue weighted by Crippen LogP contribution is -2.26. The summed E-state index contributed by atoms with van der Waals surface area (Å²) in [6.07, 6.45) is -0.841. The summed E-state index contributed by atoms with van der Waals surface area (Å²) in [6.45, 7) is 2.09. The molecule has 2 aliphatic rings. The third kappa shape index (κ3) is 2.32. The predicted octanol–water partition coefficient (Wildman–Crippen LogP) is 5.80. The van der Waals surface area contributed by atoms with Gasteiger partial charge in [-0.1, -0.05) is 24.1 Å². The van der Waals surface area contributed by atoms with E-state index in [0.717, 1.165) is 24.2 Å². The number of halogens is 3. The number of fused-ring (bicyclic) bond motifs is 3. The zero-order valence-corrected chi connectivity index (χ0v) is 12.9. The summed E-state index contributed by atoms with van der Waals surface area (Å²) in [5.74, 6) is 0.507. The molecule has 2 aromatic rings. The highest BCUT2D eigenvalue weighted by Crippen LogP contribution is 2.52. The Hall–Kier alpha value is -1.97. The highest BCUT2D eigenvalue weighted by Gasteiger charge is 2.42. The first-order valence-electron chi connectivity index (χ1n) is 8.02. The lowest BCUT2D eigenvalue weighted by atomic mass is 9.96. The monoisotopic (exact) mass is 317 g/mol. The third-order valence-corrected chi connectivity index (χ3v) is 5.13. The van der Waals surface area contributed by atoms with Crippen molar-refractivity contribution in [1.29, 1.82) is 0 Å². The molecule has 0 spiro atoms. The van der Waals surface area contributed by atoms with Gasteiger partial charge in [0.05, 0.1) is 5.56 Å². The molecule has 4 rings (SSSR count). The standard InChI is InChI=1S/C19H18F3N/c1-12-5-10-18-16(11-12)15-3-2-4-17(15)23(18)14-8-6-13(7-9-14)19(20,21)22/h5-11,15,17H,2-4H2,1H3. The van der Waals surface area contributed by atoms with Crippen molar-refractivity contribution in [1.82, 2.24) is 0 Å². The molecule has 1 fully saturated rings. The van der Waals surface area contributed by atoms with Crippen LogP contribution in [0.25, 0.3) is 0 Å². The van der Waals surface area contributed by atoms with Crippen LogP contribution < -0.4 is 4.90 Å². The van der Waals surface area contributed by atoms with Crippen LogP contribution in [-0.4, -0.2) is 6.04 Å². The average Bonchev–Trinajstić information content (AvgIpc) is 3.07. The van der Waals surface area contributed by atoms with Crippen LogP contribution in [0.2, 0.25) is 0 Å². The lowest BCUT2D eigenvalue weighted by Gasteiger charge is -2.27. The van der Waals surface area contributed by atoms with Crippen LogP contribution in [-0.2, 0) is 6.18 Å². The van der Waals surface area contributed by atoms with Crippen molar-refractivity contribution >= 4 is 11.4 Å². The number of hydrogen-bond acceptors (Lipinski definition) is 1. The van der Waals surface area contributed by atoms with Crippen molar-refractivity contribution in [3.8, 4) is 0 Å². The molecule has 2 atom stereocenters. The summed E-state index contributed by atoms with van der Waals surface area (Å²) in [7, 11) is 0. The Balaban J connectivity index is 1.77. The Labute approximate surface area is 133 Å². The van der Waals surface area contributed by atoms with E-state index in [1.165, 1.54) is 29.7 Å². The van der Waals surface area contributed by atoms with Gasteiger partial charge < -0.3 is 4.90 Å². The summed E-state index contributed by atoms with van der Waals surface area (Å²) in [6, 6.07) is 12.4. The highest BCUT2D eigenvalue weighted by atomic mass is 19.4. The number of alkyl halides is 3. The molecule has 4 heteroatoms. The number of anilines is 2. The molecular formula is C19H18F3N. The second-order valence-corrected chi connectivity index (χ2v) is 6.58. The summed E-state index contributed by atoms with van der Waals surface area (Å²) >= 11 is 0. The highest BCUT2D eigenvalue weighted by molar-refractivity contribution is 5.73. The Morgan fingerprint density at radius 1 is 1.00 bits per heavy atom. The minimum absolute atomic E-state index is 0.378. The molecule has 1 aliphatic carbocycles. The maximum Gasteiger partial charge on any atom is 0.416 e. The van der Waals surface area contributed by atoms with E-state index in [1.807, 2.05) is 0 Å². The van der Waals surface area contributed by atoms with Gasteiger partial charge in [0, 0.05) is 23.3 Å². The molecule has 2 aromatic carbocycles. The smallest absolute Gasteiger partial charge is 0.338 e. The van der Waals surface area contributed by atoms with Crippen LogP contribution >= 0.6 is 0 Å². The van der Waals surface area contributed by atoms with Crippen LogP contribution in [0.1, 0.15) is 41.9 Å². The van der Waals surface area contributed by atoms with Gasteiger partial charge in [0.1, 0.15) is 0 Å². The van der Waals surface area contributed by atoms with Crippen LogP contribution in [0.3, 0.4) is 0 Å². The van der Waals surface area contributed by atoms with E-state index >= 15 is 0 Å². The molecule has 120 valence electrons. The van der Waals surface area contributed by atoms with Crippen molar-refractivity contribution in [3.63, 3.8) is 0 Å². The summed E-state index contributed by atoms with van der Waals surface area (Å²) in [5.41, 5.74) is 4.02. The van der Waals surface area contributed by atoms with Gasteiger partial charge in [-0.25, -0.2) is 0 Å². The molecule has 1 heterocycles. The Kier molecular flexibility index (Phi) is 3.19. The number of aryl methyl sites for hydroxylation is 1.